The van der Waals surface area contributed by atoms with Crippen LogP contribution in [0.3, 0.4) is 0 Å². The van der Waals surface area contributed by atoms with Crippen molar-refractivity contribution in [3.8, 4) is 11.3 Å². The van der Waals surface area contributed by atoms with Gasteiger partial charge in [-0.1, -0.05) is 90.5 Å². The van der Waals surface area contributed by atoms with Gasteiger partial charge in [0.15, 0.2) is 0 Å². The average Bonchev–Trinajstić information content (AvgIpc) is 3.66. The number of hydrogen-bond donors (Lipinski definition) is 0. The topological polar surface area (TPSA) is 28.2 Å². The van der Waals surface area contributed by atoms with Gasteiger partial charge in [0.2, 0.25) is 0 Å². The van der Waals surface area contributed by atoms with Gasteiger partial charge in [-0.05, 0) is 82.4 Å². The predicted octanol–water partition coefficient (Wildman–Crippen LogP) is 7.74. The maximum atomic E-state index is 4.66. The van der Waals surface area contributed by atoms with Gasteiger partial charge in [0.05, 0.1) is 5.70 Å². The second-order valence-electron chi connectivity index (χ2n) is 11.5. The molecule has 3 aromatic heterocycles. The van der Waals surface area contributed by atoms with Crippen molar-refractivity contribution in [2.75, 3.05) is 12.1 Å². The van der Waals surface area contributed by atoms with E-state index in [-0.39, 0.29) is 20.1 Å². The molecule has 0 saturated carbocycles. The molecule has 8 aromatic rings. The Balaban J connectivity index is 0.000000139. The molecule has 0 unspecified atom stereocenters. The molecule has 0 amide bonds. The summed E-state index contributed by atoms with van der Waals surface area (Å²) in [6, 6.07) is 39.9. The van der Waals surface area contributed by atoms with Gasteiger partial charge >= 0.3 is 20.1 Å². The van der Waals surface area contributed by atoms with Crippen LogP contribution in [0.1, 0.15) is 5.56 Å². The Kier molecular flexibility index (Phi) is 6.45. The third kappa shape index (κ3) is 4.25. The number of nitrogens with zero attached hydrogens (tertiary/aromatic N) is 5. The predicted molar refractivity (Wildman–Crippen MR) is 179 cm³/mol. The van der Waals surface area contributed by atoms with E-state index >= 15 is 0 Å². The summed E-state index contributed by atoms with van der Waals surface area (Å²) in [6.07, 6.45) is 9.27. The molecule has 0 N–H and O–H groups in total. The van der Waals surface area contributed by atoms with E-state index in [4.69, 9.17) is 0 Å². The first-order chi connectivity index (χ1) is 21.6. The largest absolute Gasteiger partial charge is 3.00 e. The molecule has 216 valence electrons. The summed E-state index contributed by atoms with van der Waals surface area (Å²) in [4.78, 5) is 6.72. The van der Waals surface area contributed by atoms with E-state index in [1.165, 1.54) is 60.0 Å². The maximum Gasteiger partial charge on any atom is 3.00 e. The molecular formula is C39H27IrN5+. The number of hydrogen-bond acceptors (Lipinski definition) is 3. The Morgan fingerprint density at radius 2 is 1.47 bits per heavy atom. The van der Waals surface area contributed by atoms with Gasteiger partial charge in [-0.25, -0.2) is 4.68 Å². The van der Waals surface area contributed by atoms with Crippen LogP contribution in [-0.4, -0.2) is 21.5 Å². The van der Waals surface area contributed by atoms with Crippen molar-refractivity contribution >= 4 is 59.8 Å². The quantitative estimate of drug-likeness (QED) is 0.0687. The van der Waals surface area contributed by atoms with Crippen molar-refractivity contribution in [2.24, 2.45) is 7.05 Å². The molecule has 0 fully saturated rings. The van der Waals surface area contributed by atoms with Crippen molar-refractivity contribution in [2.45, 2.75) is 0 Å². The van der Waals surface area contributed by atoms with E-state index in [9.17, 15) is 0 Å². The molecule has 45 heavy (non-hydrogen) atoms. The van der Waals surface area contributed by atoms with Gasteiger partial charge in [0.1, 0.15) is 11.9 Å². The second-order valence-corrected chi connectivity index (χ2v) is 11.5. The first-order valence-corrected chi connectivity index (χ1v) is 14.7. The molecule has 5 heterocycles. The molecule has 0 radical (unpaired) electrons. The normalized spacial score (nSPS) is 13.3. The zero-order valence-corrected chi connectivity index (χ0v) is 27.1. The fraction of sp³-hybridized carbons (Fsp3) is 0.0513. The monoisotopic (exact) mass is 758 g/mol. The van der Waals surface area contributed by atoms with Crippen LogP contribution in [-0.2, 0) is 27.2 Å². The SMILES string of the molecule is CN1C=C2c3ccccc3-c3ccc[c-][n+]3N2[CH-]1.Cn1c[c-]c2c3ncccc3c3cc4cc5ccccc5cc4cc3c21.[Ir+3]. The van der Waals surface area contributed by atoms with Crippen LogP contribution in [0.5, 0.6) is 0 Å². The Morgan fingerprint density at radius 3 is 2.27 bits per heavy atom. The fourth-order valence-electron chi connectivity index (χ4n) is 6.79. The van der Waals surface area contributed by atoms with Crippen LogP contribution in [0.15, 0.2) is 122 Å². The average molecular weight is 758 g/mol. The van der Waals surface area contributed by atoms with E-state index in [1.54, 1.807) is 0 Å². The zero-order valence-electron chi connectivity index (χ0n) is 24.7. The number of fused-ring (bicyclic) bond motifs is 14. The molecule has 2 aliphatic heterocycles. The minimum atomic E-state index is 0. The number of rotatable bonds is 0. The van der Waals surface area contributed by atoms with Crippen LogP contribution < -0.4 is 9.69 Å². The van der Waals surface area contributed by atoms with Crippen LogP contribution in [0.2, 0.25) is 0 Å². The molecule has 0 atom stereocenters. The maximum absolute atomic E-state index is 4.66. The third-order valence-corrected chi connectivity index (χ3v) is 8.76. The molecule has 5 aromatic carbocycles. The number of benzene rings is 5. The van der Waals surface area contributed by atoms with Gasteiger partial charge in [0, 0.05) is 17.3 Å². The molecule has 0 saturated heterocycles. The van der Waals surface area contributed by atoms with Crippen LogP contribution >= 0.6 is 0 Å². The van der Waals surface area contributed by atoms with Gasteiger partial charge in [0.25, 0.3) is 0 Å². The number of aromatic nitrogens is 3. The molecule has 5 nitrogen and oxygen atoms in total. The first kappa shape index (κ1) is 27.5. The van der Waals surface area contributed by atoms with Gasteiger partial charge in [-0.2, -0.15) is 12.1 Å². The molecule has 2 aliphatic rings. The Bertz CT molecular complexity index is 2480. The minimum absolute atomic E-state index is 0. The second kappa shape index (κ2) is 10.6. The van der Waals surface area contributed by atoms with Crippen molar-refractivity contribution in [1.82, 2.24) is 14.5 Å². The number of pyridine rings is 2. The third-order valence-electron chi connectivity index (χ3n) is 8.76. The molecular weight excluding hydrogens is 731 g/mol. The first-order valence-electron chi connectivity index (χ1n) is 14.7. The van der Waals surface area contributed by atoms with E-state index in [2.05, 4.69) is 141 Å². The van der Waals surface area contributed by atoms with Crippen molar-refractivity contribution in [3.05, 3.63) is 146 Å². The molecule has 0 bridgehead atoms. The van der Waals surface area contributed by atoms with E-state index in [1.807, 2.05) is 37.6 Å². The zero-order chi connectivity index (χ0) is 29.4. The Labute approximate surface area is 274 Å². The van der Waals surface area contributed by atoms with Crippen molar-refractivity contribution in [1.29, 1.82) is 0 Å². The molecule has 0 spiro atoms. The summed E-state index contributed by atoms with van der Waals surface area (Å²) in [5.74, 6) is 0. The van der Waals surface area contributed by atoms with Gasteiger partial charge in [-0.3, -0.25) is 5.01 Å². The van der Waals surface area contributed by atoms with E-state index in [0.29, 0.717) is 0 Å². The summed E-state index contributed by atoms with van der Waals surface area (Å²) in [5.41, 5.74) is 7.08. The summed E-state index contributed by atoms with van der Waals surface area (Å²) in [5, 5.41) is 12.0. The molecule has 0 aliphatic carbocycles. The van der Waals surface area contributed by atoms with Crippen LogP contribution in [0.4, 0.5) is 0 Å². The van der Waals surface area contributed by atoms with E-state index in [0.717, 1.165) is 16.6 Å². The number of aryl methyl sites for hydroxylation is 1. The van der Waals surface area contributed by atoms with Crippen LogP contribution in [0.25, 0.3) is 71.1 Å². The molecule has 10 rings (SSSR count). The van der Waals surface area contributed by atoms with E-state index < -0.39 is 0 Å². The Morgan fingerprint density at radius 1 is 0.733 bits per heavy atom. The molecule has 6 heteroatoms. The van der Waals surface area contributed by atoms with Gasteiger partial charge in [-0.15, -0.1) is 11.5 Å². The summed E-state index contributed by atoms with van der Waals surface area (Å²) >= 11 is 0. The smallest absolute Gasteiger partial charge is 0.504 e. The van der Waals surface area contributed by atoms with Crippen molar-refractivity contribution in [3.63, 3.8) is 0 Å². The van der Waals surface area contributed by atoms with Crippen molar-refractivity contribution < 1.29 is 24.8 Å². The van der Waals surface area contributed by atoms with Crippen LogP contribution in [0, 0.1) is 18.9 Å². The van der Waals surface area contributed by atoms with Gasteiger partial charge < -0.3 is 14.5 Å². The Hall–Kier alpha value is -5.03. The standard InChI is InChI=1S/C24H15N2.C15H12N3.Ir/c1-26-10-8-20-23-19(7-4-9-25-23)21-13-17-11-15-5-2-3-6-16(15)12-18(17)14-22(21)24(20)26;1-16-10-15-13-7-3-2-6-12(13)14-8-4-5-9-17(14)18(15)11-16;/h2-7,9-14H,1H3;2-8,10-11H,1H3;/q2*-1;+3. The minimum Gasteiger partial charge on any atom is -0.504 e. The fourth-order valence-corrected chi connectivity index (χ4v) is 6.79. The summed E-state index contributed by atoms with van der Waals surface area (Å²) in [7, 11) is 4.12. The summed E-state index contributed by atoms with van der Waals surface area (Å²) in [6.45, 7) is 2.06. The summed E-state index contributed by atoms with van der Waals surface area (Å²) < 4.78 is 4.20.